The number of aromatic nitrogens is 2. The van der Waals surface area contributed by atoms with Crippen molar-refractivity contribution in [1.29, 1.82) is 0 Å². The van der Waals surface area contributed by atoms with Crippen molar-refractivity contribution in [3.63, 3.8) is 0 Å². The van der Waals surface area contributed by atoms with Gasteiger partial charge < -0.3 is 14.6 Å². The molecule has 3 heterocycles. The summed E-state index contributed by atoms with van der Waals surface area (Å²) >= 11 is 0. The van der Waals surface area contributed by atoms with Gasteiger partial charge in [0.15, 0.2) is 0 Å². The van der Waals surface area contributed by atoms with Crippen LogP contribution in [0.2, 0.25) is 0 Å². The first-order valence-electron chi connectivity index (χ1n) is 10.6. The summed E-state index contributed by atoms with van der Waals surface area (Å²) in [4.78, 5) is 18.5. The fourth-order valence-electron chi connectivity index (χ4n) is 4.24. The van der Waals surface area contributed by atoms with Crippen LogP contribution in [-0.2, 0) is 25.7 Å². The second-order valence-electron chi connectivity index (χ2n) is 8.35. The number of ether oxygens (including phenoxy) is 1. The van der Waals surface area contributed by atoms with Crippen LogP contribution in [0.5, 0.6) is 5.75 Å². The average molecular weight is 453 g/mol. The molecule has 0 radical (unpaired) electrons. The van der Waals surface area contributed by atoms with Gasteiger partial charge in [0, 0.05) is 41.9 Å². The van der Waals surface area contributed by atoms with Crippen LogP contribution in [0.4, 0.5) is 13.2 Å². The maximum atomic E-state index is 12.7. The zero-order chi connectivity index (χ0) is 23.2. The van der Waals surface area contributed by atoms with E-state index in [4.69, 9.17) is 4.74 Å². The lowest BCUT2D eigenvalue weighted by atomic mass is 10.0. The molecule has 0 aliphatic carbocycles. The first-order chi connectivity index (χ1) is 15.8. The molecule has 1 N–H and O–H groups in total. The lowest BCUT2D eigenvalue weighted by molar-refractivity contribution is -0.137. The van der Waals surface area contributed by atoms with Gasteiger partial charge in [-0.2, -0.15) is 13.2 Å². The van der Waals surface area contributed by atoms with Crippen LogP contribution in [0.15, 0.2) is 65.6 Å². The number of H-pyrrole nitrogens is 1. The van der Waals surface area contributed by atoms with Crippen LogP contribution in [-0.4, -0.2) is 28.0 Å². The number of benzene rings is 2. The summed E-state index contributed by atoms with van der Waals surface area (Å²) < 4.78 is 45.2. The topological polar surface area (TPSA) is 50.3 Å². The summed E-state index contributed by atoms with van der Waals surface area (Å²) in [7, 11) is 2.10. The number of nitrogens with one attached hydrogen (secondary N) is 1. The SMILES string of the molecule is CN1CCc2c([nH]c3cc(-n4ccc(OCc5ccc(C(F)(F)F)cc5)cc4=O)ccc23)C1. The fraction of sp³-hybridized carbons (Fsp3) is 0.240. The minimum atomic E-state index is -4.37. The third-order valence-electron chi connectivity index (χ3n) is 6.01. The zero-order valence-corrected chi connectivity index (χ0v) is 17.9. The Labute approximate surface area is 188 Å². The quantitative estimate of drug-likeness (QED) is 0.478. The minimum absolute atomic E-state index is 0.0655. The van der Waals surface area contributed by atoms with Gasteiger partial charge in [0.1, 0.15) is 12.4 Å². The molecule has 0 amide bonds. The molecule has 0 saturated heterocycles. The molecule has 5 nitrogen and oxygen atoms in total. The number of nitrogens with zero attached hydrogens (tertiary/aromatic N) is 2. The predicted octanol–water partition coefficient (Wildman–Crippen LogP) is 4.90. The largest absolute Gasteiger partial charge is 0.489 e. The van der Waals surface area contributed by atoms with Crippen molar-refractivity contribution >= 4 is 10.9 Å². The Morgan fingerprint density at radius 1 is 1.06 bits per heavy atom. The highest BCUT2D eigenvalue weighted by Gasteiger charge is 2.29. The molecule has 0 spiro atoms. The Morgan fingerprint density at radius 3 is 2.58 bits per heavy atom. The van der Waals surface area contributed by atoms with Gasteiger partial charge in [-0.1, -0.05) is 18.2 Å². The lowest BCUT2D eigenvalue weighted by Gasteiger charge is -2.22. The highest BCUT2D eigenvalue weighted by molar-refractivity contribution is 5.86. The number of hydrogen-bond acceptors (Lipinski definition) is 3. The molecule has 170 valence electrons. The van der Waals surface area contributed by atoms with Crippen LogP contribution >= 0.6 is 0 Å². The first-order valence-corrected chi connectivity index (χ1v) is 10.6. The molecule has 33 heavy (non-hydrogen) atoms. The van der Waals surface area contributed by atoms with E-state index in [1.54, 1.807) is 12.3 Å². The van der Waals surface area contributed by atoms with Gasteiger partial charge in [-0.15, -0.1) is 0 Å². The van der Waals surface area contributed by atoms with Gasteiger partial charge in [0.05, 0.1) is 11.3 Å². The molecular formula is C25H22F3N3O2. The summed E-state index contributed by atoms with van der Waals surface area (Å²) in [6.07, 6.45) is -1.74. The van der Waals surface area contributed by atoms with Crippen molar-refractivity contribution in [2.24, 2.45) is 0 Å². The van der Waals surface area contributed by atoms with Crippen LogP contribution in [0.25, 0.3) is 16.6 Å². The summed E-state index contributed by atoms with van der Waals surface area (Å²) in [5, 5.41) is 1.19. The van der Waals surface area contributed by atoms with E-state index in [2.05, 4.69) is 16.9 Å². The molecule has 0 bridgehead atoms. The average Bonchev–Trinajstić information content (AvgIpc) is 3.14. The van der Waals surface area contributed by atoms with E-state index in [9.17, 15) is 18.0 Å². The third kappa shape index (κ3) is 4.26. The molecule has 0 saturated carbocycles. The highest BCUT2D eigenvalue weighted by Crippen LogP contribution is 2.30. The molecule has 1 aliphatic heterocycles. The molecule has 2 aromatic heterocycles. The minimum Gasteiger partial charge on any atom is -0.489 e. The summed E-state index contributed by atoms with van der Waals surface area (Å²) in [6, 6.07) is 13.8. The first kappa shape index (κ1) is 21.3. The fourth-order valence-corrected chi connectivity index (χ4v) is 4.24. The number of hydrogen-bond donors (Lipinski definition) is 1. The Bertz CT molecular complexity index is 1370. The number of halogens is 3. The number of aromatic amines is 1. The standard InChI is InChI=1S/C25H22F3N3O2/c1-30-10-9-21-20-7-6-18(12-22(20)29-23(21)14-30)31-11-8-19(13-24(31)32)33-15-16-2-4-17(5-3-16)25(26,27)28/h2-8,11-13,29H,9-10,14-15H2,1H3. The third-order valence-corrected chi connectivity index (χ3v) is 6.01. The molecule has 8 heteroatoms. The van der Waals surface area contributed by atoms with E-state index in [-0.39, 0.29) is 12.2 Å². The number of likely N-dealkylation sites (N-methyl/N-ethyl adjacent to an activating group) is 1. The van der Waals surface area contributed by atoms with E-state index in [0.29, 0.717) is 11.3 Å². The smallest absolute Gasteiger partial charge is 0.416 e. The van der Waals surface area contributed by atoms with E-state index >= 15 is 0 Å². The Morgan fingerprint density at radius 2 is 1.85 bits per heavy atom. The van der Waals surface area contributed by atoms with Gasteiger partial charge in [-0.3, -0.25) is 9.36 Å². The second kappa shape index (κ2) is 8.12. The number of alkyl halides is 3. The Balaban J connectivity index is 1.33. The molecular weight excluding hydrogens is 431 g/mol. The van der Waals surface area contributed by atoms with Gasteiger partial charge in [0.25, 0.3) is 5.56 Å². The Hall–Kier alpha value is -3.52. The van der Waals surface area contributed by atoms with Crippen LogP contribution < -0.4 is 10.3 Å². The van der Waals surface area contributed by atoms with E-state index < -0.39 is 11.7 Å². The monoisotopic (exact) mass is 453 g/mol. The number of pyridine rings is 1. The molecule has 0 unspecified atom stereocenters. The van der Waals surface area contributed by atoms with Crippen molar-refractivity contribution in [2.75, 3.05) is 13.6 Å². The number of fused-ring (bicyclic) bond motifs is 3. The van der Waals surface area contributed by atoms with Crippen molar-refractivity contribution in [2.45, 2.75) is 25.7 Å². The summed E-state index contributed by atoms with van der Waals surface area (Å²) in [6.45, 7) is 1.97. The molecule has 5 rings (SSSR count). The van der Waals surface area contributed by atoms with Crippen LogP contribution in [0.1, 0.15) is 22.4 Å². The number of rotatable bonds is 4. The van der Waals surface area contributed by atoms with Gasteiger partial charge in [-0.05, 0) is 54.9 Å². The zero-order valence-electron chi connectivity index (χ0n) is 17.9. The second-order valence-corrected chi connectivity index (χ2v) is 8.35. The van der Waals surface area contributed by atoms with Crippen molar-refractivity contribution in [3.8, 4) is 11.4 Å². The molecule has 0 atom stereocenters. The molecule has 1 aliphatic rings. The molecule has 0 fully saturated rings. The van der Waals surface area contributed by atoms with Crippen molar-refractivity contribution in [3.05, 3.63) is 93.5 Å². The maximum Gasteiger partial charge on any atom is 0.416 e. The summed E-state index contributed by atoms with van der Waals surface area (Å²) in [5.74, 6) is 0.357. The van der Waals surface area contributed by atoms with E-state index in [1.807, 2.05) is 18.2 Å². The normalized spacial score (nSPS) is 14.4. The summed E-state index contributed by atoms with van der Waals surface area (Å²) in [5.41, 5.74) is 3.93. The van der Waals surface area contributed by atoms with Gasteiger partial charge in [-0.25, -0.2) is 0 Å². The van der Waals surface area contributed by atoms with Gasteiger partial charge in [0.2, 0.25) is 0 Å². The van der Waals surface area contributed by atoms with Crippen molar-refractivity contribution in [1.82, 2.24) is 14.5 Å². The highest BCUT2D eigenvalue weighted by atomic mass is 19.4. The van der Waals surface area contributed by atoms with E-state index in [0.717, 1.165) is 42.8 Å². The maximum absolute atomic E-state index is 12.7. The Kier molecular flexibility index (Phi) is 5.25. The van der Waals surface area contributed by atoms with Crippen molar-refractivity contribution < 1.29 is 17.9 Å². The molecule has 4 aromatic rings. The lowest BCUT2D eigenvalue weighted by Crippen LogP contribution is -2.26. The van der Waals surface area contributed by atoms with E-state index in [1.165, 1.54) is 39.4 Å². The van der Waals surface area contributed by atoms with Crippen LogP contribution in [0, 0.1) is 0 Å². The van der Waals surface area contributed by atoms with Gasteiger partial charge >= 0.3 is 6.18 Å². The van der Waals surface area contributed by atoms with Crippen LogP contribution in [0.3, 0.4) is 0 Å². The predicted molar refractivity (Wildman–Crippen MR) is 120 cm³/mol. The molecule has 2 aromatic carbocycles.